The van der Waals surface area contributed by atoms with E-state index in [2.05, 4.69) is 5.10 Å². The van der Waals surface area contributed by atoms with E-state index >= 15 is 0 Å². The second-order valence-electron chi connectivity index (χ2n) is 2.59. The number of aliphatic carboxylic acids is 1. The number of anilines is 1. The highest BCUT2D eigenvalue weighted by molar-refractivity contribution is 6.22. The topological polar surface area (TPSA) is 61.7 Å². The van der Waals surface area contributed by atoms with Crippen LogP contribution in [-0.4, -0.2) is 17.3 Å². The van der Waals surface area contributed by atoms with Crippen molar-refractivity contribution in [3.63, 3.8) is 0 Å². The third-order valence-electron chi connectivity index (χ3n) is 1.53. The Morgan fingerprint density at radius 2 is 1.41 bits per heavy atom. The highest BCUT2D eigenvalue weighted by Gasteiger charge is 2.25. The molecule has 1 rings (SSSR count). The predicted octanol–water partition coefficient (Wildman–Crippen LogP) is 1.74. The van der Waals surface area contributed by atoms with Gasteiger partial charge in [0.1, 0.15) is 5.69 Å². The van der Waals surface area contributed by atoms with E-state index in [-0.39, 0.29) is 0 Å². The summed E-state index contributed by atoms with van der Waals surface area (Å²) in [7, 11) is 0. The van der Waals surface area contributed by atoms with Gasteiger partial charge in [0.2, 0.25) is 12.0 Å². The van der Waals surface area contributed by atoms with Crippen LogP contribution in [0.15, 0.2) is 5.10 Å². The van der Waals surface area contributed by atoms with Crippen LogP contribution in [0.25, 0.3) is 0 Å². The first kappa shape index (κ1) is 12.9. The van der Waals surface area contributed by atoms with Crippen LogP contribution in [0.5, 0.6) is 0 Å². The van der Waals surface area contributed by atoms with Crippen LogP contribution >= 0.6 is 0 Å². The molecule has 0 aliphatic heterocycles. The number of carboxylic acid groups (broad SMARTS) is 1. The molecule has 1 radical (unpaired) electrons. The largest absolute Gasteiger partial charge is 0.476 e. The number of halogens is 5. The van der Waals surface area contributed by atoms with Gasteiger partial charge in [0.25, 0.3) is 0 Å². The molecule has 0 bridgehead atoms. The molecule has 0 aliphatic carbocycles. The van der Waals surface area contributed by atoms with Crippen molar-refractivity contribution in [2.45, 2.75) is 0 Å². The number of hydrazone groups is 1. The quantitative estimate of drug-likeness (QED) is 0.283. The third kappa shape index (κ3) is 2.49. The van der Waals surface area contributed by atoms with Crippen LogP contribution in [-0.2, 0) is 4.79 Å². The van der Waals surface area contributed by atoms with Crippen molar-refractivity contribution in [3.05, 3.63) is 29.1 Å². The number of nitrogens with one attached hydrogen (secondary N) is 1. The average molecular weight is 253 g/mol. The number of hydrogen-bond acceptors (Lipinski definition) is 3. The number of nitrogens with zero attached hydrogens (tertiary/aromatic N) is 1. The zero-order valence-corrected chi connectivity index (χ0v) is 7.69. The van der Waals surface area contributed by atoms with Gasteiger partial charge in [0, 0.05) is 0 Å². The lowest BCUT2D eigenvalue weighted by atomic mass is 10.2. The van der Waals surface area contributed by atoms with Crippen LogP contribution in [0.2, 0.25) is 0 Å². The molecule has 0 amide bonds. The molecule has 1 aromatic carbocycles. The molecule has 4 nitrogen and oxygen atoms in total. The second-order valence-corrected chi connectivity index (χ2v) is 2.59. The number of hydrogen-bond donors (Lipinski definition) is 2. The molecule has 91 valence electrons. The molecular weight excluding hydrogens is 251 g/mol. The van der Waals surface area contributed by atoms with Gasteiger partial charge in [0.15, 0.2) is 23.3 Å². The lowest BCUT2D eigenvalue weighted by molar-refractivity contribution is -0.128. The minimum atomic E-state index is -2.32. The fraction of sp³-hybridized carbons (Fsp3) is 0. The lowest BCUT2D eigenvalue weighted by Gasteiger charge is -2.06. The fourth-order valence-corrected chi connectivity index (χ4v) is 0.835. The van der Waals surface area contributed by atoms with Gasteiger partial charge in [-0.25, -0.2) is 26.7 Å². The van der Waals surface area contributed by atoms with E-state index in [1.165, 1.54) is 11.6 Å². The summed E-state index contributed by atoms with van der Waals surface area (Å²) in [5.41, 5.74) is -0.105. The smallest absolute Gasteiger partial charge is 0.358 e. The van der Waals surface area contributed by atoms with Gasteiger partial charge in [-0.1, -0.05) is 0 Å². The van der Waals surface area contributed by atoms with E-state index in [9.17, 15) is 26.7 Å². The molecule has 0 saturated carbocycles. The first-order valence-corrected chi connectivity index (χ1v) is 3.82. The maximum atomic E-state index is 12.9. The van der Waals surface area contributed by atoms with Crippen molar-refractivity contribution < 1.29 is 31.9 Å². The number of benzene rings is 1. The normalized spacial score (nSPS) is 10.9. The molecule has 0 aliphatic rings. The Kier molecular flexibility index (Phi) is 3.61. The summed E-state index contributed by atoms with van der Waals surface area (Å²) in [4.78, 5) is 9.91. The minimum Gasteiger partial charge on any atom is -0.476 e. The molecule has 0 fully saturated rings. The monoisotopic (exact) mass is 253 g/mol. The highest BCUT2D eigenvalue weighted by Crippen LogP contribution is 2.26. The van der Waals surface area contributed by atoms with Gasteiger partial charge in [-0.2, -0.15) is 5.10 Å². The van der Waals surface area contributed by atoms with Crippen LogP contribution < -0.4 is 5.43 Å². The zero-order valence-electron chi connectivity index (χ0n) is 7.69. The van der Waals surface area contributed by atoms with Gasteiger partial charge in [-0.05, 0) is 0 Å². The summed E-state index contributed by atoms with van der Waals surface area (Å²) in [6.45, 7) is 0. The SMILES string of the molecule is O=C(O)[C]=NNc1c(F)c(F)c(F)c(F)c1F. The van der Waals surface area contributed by atoms with Crippen molar-refractivity contribution in [2.75, 3.05) is 5.43 Å². The summed E-state index contributed by atoms with van der Waals surface area (Å²) >= 11 is 0. The first-order chi connectivity index (χ1) is 7.86. The van der Waals surface area contributed by atoms with Crippen molar-refractivity contribution in [1.82, 2.24) is 0 Å². The fourth-order valence-electron chi connectivity index (χ4n) is 0.835. The third-order valence-corrected chi connectivity index (χ3v) is 1.53. The molecule has 0 aromatic heterocycles. The molecule has 0 heterocycles. The maximum absolute atomic E-state index is 12.9. The second kappa shape index (κ2) is 4.76. The highest BCUT2D eigenvalue weighted by atomic mass is 19.2. The Labute approximate surface area is 90.4 Å². The van der Waals surface area contributed by atoms with Crippen molar-refractivity contribution >= 4 is 17.9 Å². The Bertz CT molecular complexity index is 474. The molecule has 0 saturated heterocycles. The molecule has 17 heavy (non-hydrogen) atoms. The van der Waals surface area contributed by atoms with E-state index in [1.807, 2.05) is 0 Å². The van der Waals surface area contributed by atoms with Gasteiger partial charge in [-0.3, -0.25) is 5.43 Å². The van der Waals surface area contributed by atoms with Gasteiger partial charge in [0.05, 0.1) is 0 Å². The number of carboxylic acids is 1. The Balaban J connectivity index is 3.20. The van der Waals surface area contributed by atoms with E-state index in [0.717, 1.165) is 0 Å². The van der Waals surface area contributed by atoms with Gasteiger partial charge < -0.3 is 5.11 Å². The maximum Gasteiger partial charge on any atom is 0.358 e. The summed E-state index contributed by atoms with van der Waals surface area (Å²) in [6, 6.07) is 0. The van der Waals surface area contributed by atoms with Crippen molar-refractivity contribution in [2.24, 2.45) is 5.10 Å². The van der Waals surface area contributed by atoms with Crippen LogP contribution in [0.1, 0.15) is 0 Å². The summed E-state index contributed by atoms with van der Waals surface area (Å²) < 4.78 is 63.6. The van der Waals surface area contributed by atoms with Gasteiger partial charge >= 0.3 is 5.97 Å². The molecule has 2 N–H and O–H groups in total. The average Bonchev–Trinajstić information content (AvgIpc) is 2.28. The van der Waals surface area contributed by atoms with Gasteiger partial charge in [-0.15, -0.1) is 0 Å². The van der Waals surface area contributed by atoms with Crippen LogP contribution in [0, 0.1) is 29.1 Å². The molecule has 0 unspecified atom stereocenters. The van der Waals surface area contributed by atoms with E-state index < -0.39 is 40.7 Å². The summed E-state index contributed by atoms with van der Waals surface area (Å²) in [5, 5.41) is 10.7. The van der Waals surface area contributed by atoms with Crippen LogP contribution in [0.4, 0.5) is 27.6 Å². The van der Waals surface area contributed by atoms with E-state index in [1.54, 1.807) is 0 Å². The summed E-state index contributed by atoms with van der Waals surface area (Å²) in [5.74, 6) is -12.7. The Hall–Kier alpha value is -2.19. The molecule has 1 aromatic rings. The molecule has 9 heteroatoms. The number of carbonyl (C=O) groups is 1. The van der Waals surface area contributed by atoms with E-state index in [4.69, 9.17) is 5.11 Å². The zero-order chi connectivity index (χ0) is 13.2. The Morgan fingerprint density at radius 3 is 1.82 bits per heavy atom. The molecule has 0 spiro atoms. The summed E-state index contributed by atoms with van der Waals surface area (Å²) in [6.07, 6.45) is 1.26. The molecular formula is C8H2F5N2O2. The van der Waals surface area contributed by atoms with E-state index in [0.29, 0.717) is 0 Å². The minimum absolute atomic E-state index is 1.26. The molecule has 0 atom stereocenters. The Morgan fingerprint density at radius 1 is 1.00 bits per heavy atom. The van der Waals surface area contributed by atoms with Crippen molar-refractivity contribution in [3.8, 4) is 0 Å². The first-order valence-electron chi connectivity index (χ1n) is 3.82. The standard InChI is InChI=1S/C8H2F5N2O2/c9-3-4(10)6(12)8(7(13)5(3)11)15-14-1-2(16)17/h15H,(H,16,17). The predicted molar refractivity (Wildman–Crippen MR) is 44.9 cm³/mol. The van der Waals surface area contributed by atoms with Crippen LogP contribution in [0.3, 0.4) is 0 Å². The lowest BCUT2D eigenvalue weighted by Crippen LogP contribution is -2.07. The number of rotatable bonds is 3. The van der Waals surface area contributed by atoms with Crippen molar-refractivity contribution in [1.29, 1.82) is 0 Å².